The van der Waals surface area contributed by atoms with Gasteiger partial charge in [-0.25, -0.2) is 8.42 Å². The molecule has 9 heteroatoms. The molecule has 3 aromatic carbocycles. The first kappa shape index (κ1) is 27.8. The summed E-state index contributed by atoms with van der Waals surface area (Å²) in [6.45, 7) is -0.136. The van der Waals surface area contributed by atoms with Gasteiger partial charge in [-0.1, -0.05) is 91.0 Å². The fraction of sp³-hybridized carbons (Fsp3) is 0.200. The van der Waals surface area contributed by atoms with Crippen molar-refractivity contribution in [3.63, 3.8) is 0 Å². The summed E-state index contributed by atoms with van der Waals surface area (Å²) in [6.07, 6.45) is 2.60. The van der Waals surface area contributed by atoms with Crippen molar-refractivity contribution < 1.29 is 22.4 Å². The number of nitrogens with one attached hydrogen (secondary N) is 1. The lowest BCUT2D eigenvalue weighted by molar-refractivity contribution is -0.142. The molecule has 202 valence electrons. The lowest BCUT2D eigenvalue weighted by Crippen LogP contribution is -2.47. The first-order chi connectivity index (χ1) is 18.8. The molecule has 0 aliphatic rings. The Bertz CT molecular complexity index is 1440. The number of carbonyl (C=O) groups excluding carboxylic acids is 2. The Hall–Kier alpha value is -4.21. The van der Waals surface area contributed by atoms with Crippen molar-refractivity contribution in [3.05, 3.63) is 132 Å². The molecule has 39 heavy (non-hydrogen) atoms. The van der Waals surface area contributed by atoms with Gasteiger partial charge in [0.15, 0.2) is 0 Å². The molecule has 1 N–H and O–H groups in total. The van der Waals surface area contributed by atoms with Crippen LogP contribution in [-0.4, -0.2) is 42.2 Å². The summed E-state index contributed by atoms with van der Waals surface area (Å²) in [4.78, 5) is 29.1. The van der Waals surface area contributed by atoms with E-state index in [4.69, 9.17) is 4.42 Å². The van der Waals surface area contributed by atoms with Crippen molar-refractivity contribution in [2.24, 2.45) is 0 Å². The number of hydrogen-bond acceptors (Lipinski definition) is 5. The minimum Gasteiger partial charge on any atom is -0.467 e. The van der Waals surface area contributed by atoms with Crippen molar-refractivity contribution in [2.75, 3.05) is 12.8 Å². The fourth-order valence-corrected chi connectivity index (χ4v) is 4.94. The number of nitrogens with zero attached hydrogens (tertiary/aromatic N) is 2. The SMILES string of the molecule is CS(=O)(=O)N(CC(=O)N(Cc1ccccc1)C(C(=O)NCc1ccco1)c1ccccc1)Cc1ccccc1. The maximum absolute atomic E-state index is 14.0. The molecule has 2 amide bonds. The summed E-state index contributed by atoms with van der Waals surface area (Å²) in [5, 5.41) is 2.87. The van der Waals surface area contributed by atoms with Crippen LogP contribution in [0, 0.1) is 0 Å². The highest BCUT2D eigenvalue weighted by Gasteiger charge is 2.33. The van der Waals surface area contributed by atoms with E-state index in [0.29, 0.717) is 11.3 Å². The van der Waals surface area contributed by atoms with Gasteiger partial charge >= 0.3 is 0 Å². The fourth-order valence-electron chi connectivity index (χ4n) is 4.21. The van der Waals surface area contributed by atoms with E-state index in [1.807, 2.05) is 54.6 Å². The van der Waals surface area contributed by atoms with Crippen molar-refractivity contribution in [3.8, 4) is 0 Å². The summed E-state index contributed by atoms with van der Waals surface area (Å²) < 4.78 is 31.9. The van der Waals surface area contributed by atoms with Gasteiger partial charge in [-0.05, 0) is 28.8 Å². The minimum absolute atomic E-state index is 0.0330. The van der Waals surface area contributed by atoms with Gasteiger partial charge < -0.3 is 14.6 Å². The maximum atomic E-state index is 14.0. The number of furan rings is 1. The Kier molecular flexibility index (Phi) is 9.30. The van der Waals surface area contributed by atoms with Gasteiger partial charge in [-0.2, -0.15) is 4.31 Å². The van der Waals surface area contributed by atoms with Crippen LogP contribution in [0.4, 0.5) is 0 Å². The van der Waals surface area contributed by atoms with E-state index >= 15 is 0 Å². The van der Waals surface area contributed by atoms with Gasteiger partial charge in [0.2, 0.25) is 21.8 Å². The van der Waals surface area contributed by atoms with Crippen LogP contribution in [0.2, 0.25) is 0 Å². The first-order valence-corrected chi connectivity index (χ1v) is 14.3. The first-order valence-electron chi connectivity index (χ1n) is 12.5. The van der Waals surface area contributed by atoms with Crippen LogP contribution >= 0.6 is 0 Å². The maximum Gasteiger partial charge on any atom is 0.247 e. The summed E-state index contributed by atoms with van der Waals surface area (Å²) in [7, 11) is -3.74. The zero-order chi connectivity index (χ0) is 27.7. The molecule has 4 aromatic rings. The minimum atomic E-state index is -3.74. The summed E-state index contributed by atoms with van der Waals surface area (Å²) in [5.74, 6) is -0.333. The second-order valence-electron chi connectivity index (χ2n) is 9.13. The molecule has 0 fully saturated rings. The quantitative estimate of drug-likeness (QED) is 0.289. The van der Waals surface area contributed by atoms with Gasteiger partial charge in [0.05, 0.1) is 25.6 Å². The van der Waals surface area contributed by atoms with Crippen molar-refractivity contribution >= 4 is 21.8 Å². The van der Waals surface area contributed by atoms with E-state index in [2.05, 4.69) is 5.32 Å². The van der Waals surface area contributed by atoms with Gasteiger partial charge in [-0.15, -0.1) is 0 Å². The third kappa shape index (κ3) is 7.89. The lowest BCUT2D eigenvalue weighted by Gasteiger charge is -2.33. The third-order valence-corrected chi connectivity index (χ3v) is 7.39. The predicted molar refractivity (Wildman–Crippen MR) is 148 cm³/mol. The summed E-state index contributed by atoms with van der Waals surface area (Å²) in [6, 6.07) is 29.8. The van der Waals surface area contributed by atoms with Crippen LogP contribution in [0.5, 0.6) is 0 Å². The molecule has 0 radical (unpaired) electrons. The Labute approximate surface area is 228 Å². The van der Waals surface area contributed by atoms with E-state index in [1.165, 1.54) is 11.2 Å². The number of hydrogen-bond donors (Lipinski definition) is 1. The third-order valence-electron chi connectivity index (χ3n) is 6.19. The van der Waals surface area contributed by atoms with Gasteiger partial charge in [0.25, 0.3) is 0 Å². The van der Waals surface area contributed by atoms with Crippen LogP contribution in [0.3, 0.4) is 0 Å². The zero-order valence-corrected chi connectivity index (χ0v) is 22.5. The molecule has 1 aromatic heterocycles. The average molecular weight is 546 g/mol. The van der Waals surface area contributed by atoms with Crippen LogP contribution in [-0.2, 0) is 39.2 Å². The van der Waals surface area contributed by atoms with E-state index in [1.54, 1.807) is 48.5 Å². The number of carbonyl (C=O) groups is 2. The Balaban J connectivity index is 1.68. The standard InChI is InChI=1S/C30H31N3O5S/c1-39(36,37)32(21-24-12-5-2-6-13-24)23-28(34)33(22-25-14-7-3-8-15-25)29(26-16-9-4-10-17-26)30(35)31-20-27-18-11-19-38-27/h2-19,29H,20-23H2,1H3,(H,31,35). The monoisotopic (exact) mass is 545 g/mol. The van der Waals surface area contributed by atoms with Crippen LogP contribution in [0.15, 0.2) is 114 Å². The van der Waals surface area contributed by atoms with Gasteiger partial charge in [-0.3, -0.25) is 9.59 Å². The number of benzene rings is 3. The molecule has 1 atom stereocenters. The summed E-state index contributed by atoms with van der Waals surface area (Å²) >= 11 is 0. The highest BCUT2D eigenvalue weighted by molar-refractivity contribution is 7.88. The molecule has 0 bridgehead atoms. The molecule has 0 aliphatic heterocycles. The molecule has 1 unspecified atom stereocenters. The highest BCUT2D eigenvalue weighted by Crippen LogP contribution is 2.25. The molecule has 0 aliphatic carbocycles. The number of amides is 2. The Morgan fingerprint density at radius 3 is 1.90 bits per heavy atom. The van der Waals surface area contributed by atoms with E-state index in [9.17, 15) is 18.0 Å². The van der Waals surface area contributed by atoms with Gasteiger partial charge in [0.1, 0.15) is 11.8 Å². The Morgan fingerprint density at radius 1 is 0.795 bits per heavy atom. The van der Waals surface area contributed by atoms with Gasteiger partial charge in [0, 0.05) is 13.1 Å². The lowest BCUT2D eigenvalue weighted by atomic mass is 10.0. The van der Waals surface area contributed by atoms with Crippen molar-refractivity contribution in [1.82, 2.24) is 14.5 Å². The van der Waals surface area contributed by atoms with E-state index < -0.39 is 34.4 Å². The van der Waals surface area contributed by atoms with Crippen molar-refractivity contribution in [1.29, 1.82) is 0 Å². The van der Waals surface area contributed by atoms with Crippen LogP contribution in [0.25, 0.3) is 0 Å². The highest BCUT2D eigenvalue weighted by atomic mass is 32.2. The smallest absolute Gasteiger partial charge is 0.247 e. The summed E-state index contributed by atoms with van der Waals surface area (Å²) in [5.41, 5.74) is 2.16. The molecule has 0 saturated heterocycles. The zero-order valence-electron chi connectivity index (χ0n) is 21.6. The molecular weight excluding hydrogens is 514 g/mol. The molecule has 8 nitrogen and oxygen atoms in total. The average Bonchev–Trinajstić information content (AvgIpc) is 3.46. The van der Waals surface area contributed by atoms with Crippen LogP contribution in [0.1, 0.15) is 28.5 Å². The van der Waals surface area contributed by atoms with E-state index in [0.717, 1.165) is 21.7 Å². The molecule has 4 rings (SSSR count). The molecule has 0 saturated carbocycles. The largest absolute Gasteiger partial charge is 0.467 e. The Morgan fingerprint density at radius 2 is 1.36 bits per heavy atom. The number of sulfonamides is 1. The predicted octanol–water partition coefficient (Wildman–Crippen LogP) is 4.13. The molecule has 0 spiro atoms. The van der Waals surface area contributed by atoms with Crippen molar-refractivity contribution in [2.45, 2.75) is 25.7 Å². The van der Waals surface area contributed by atoms with Crippen LogP contribution < -0.4 is 5.32 Å². The molecule has 1 heterocycles. The topological polar surface area (TPSA) is 99.9 Å². The molecular formula is C30H31N3O5S. The normalized spacial score (nSPS) is 12.2. The second-order valence-corrected chi connectivity index (χ2v) is 11.1. The number of rotatable bonds is 12. The second kappa shape index (κ2) is 13.0. The van der Waals surface area contributed by atoms with E-state index in [-0.39, 0.29) is 19.6 Å².